The van der Waals surface area contributed by atoms with Crippen molar-refractivity contribution in [2.75, 3.05) is 53.5 Å². The van der Waals surface area contributed by atoms with Gasteiger partial charge in [0.05, 0.1) is 14.2 Å². The van der Waals surface area contributed by atoms with Gasteiger partial charge in [0, 0.05) is 74.2 Å². The van der Waals surface area contributed by atoms with E-state index >= 15 is 0 Å². The third kappa shape index (κ3) is 21.8. The van der Waals surface area contributed by atoms with Gasteiger partial charge in [-0.25, -0.2) is 14.4 Å². The summed E-state index contributed by atoms with van der Waals surface area (Å²) in [6, 6.07) is 40.9. The first-order valence-electron chi connectivity index (χ1n) is 29.7. The summed E-state index contributed by atoms with van der Waals surface area (Å²) in [5.41, 5.74) is 2.47. The zero-order chi connectivity index (χ0) is 63.4. The van der Waals surface area contributed by atoms with Gasteiger partial charge in [-0.1, -0.05) is 146 Å². The second-order valence-corrected chi connectivity index (χ2v) is 24.8. The van der Waals surface area contributed by atoms with E-state index in [-0.39, 0.29) is 36.4 Å². The highest BCUT2D eigenvalue weighted by molar-refractivity contribution is 6.30. The van der Waals surface area contributed by atoms with Gasteiger partial charge in [-0.05, 0) is 135 Å². The predicted molar refractivity (Wildman–Crippen MR) is 342 cm³/mol. The van der Waals surface area contributed by atoms with Gasteiger partial charge in [-0.15, -0.1) is 0 Å². The minimum atomic E-state index is -1.12. The lowest BCUT2D eigenvalue weighted by Gasteiger charge is -2.44. The van der Waals surface area contributed by atoms with E-state index in [1.807, 2.05) is 48.2 Å². The van der Waals surface area contributed by atoms with E-state index in [4.69, 9.17) is 47.3 Å². The van der Waals surface area contributed by atoms with Gasteiger partial charge in [0.2, 0.25) is 5.91 Å². The number of carbonyl (C=O) groups excluding carboxylic acids is 5. The molecule has 0 bridgehead atoms. The predicted octanol–water partition coefficient (Wildman–Crippen LogP) is 11.1. The van der Waals surface area contributed by atoms with E-state index in [0.29, 0.717) is 61.4 Å². The van der Waals surface area contributed by atoms with Crippen LogP contribution in [0.5, 0.6) is 0 Å². The number of benzene rings is 6. The number of methoxy groups -OCH3 is 2. The molecule has 2 aliphatic heterocycles. The van der Waals surface area contributed by atoms with Crippen LogP contribution in [0.4, 0.5) is 9.59 Å². The molecule has 0 spiro atoms. The molecule has 468 valence electrons. The molecule has 2 aliphatic rings. The Hall–Kier alpha value is -7.28. The zero-order valence-electron chi connectivity index (χ0n) is 51.8. The third-order valence-electron chi connectivity index (χ3n) is 15.0. The molecule has 8 rings (SSSR count). The minimum Gasteiger partial charge on any atom is -0.480 e. The summed E-state index contributed by atoms with van der Waals surface area (Å²) < 4.78 is 20.9. The van der Waals surface area contributed by atoms with Gasteiger partial charge in [0.1, 0.15) is 35.4 Å². The molecule has 17 nitrogen and oxygen atoms in total. The van der Waals surface area contributed by atoms with Crippen molar-refractivity contribution < 1.29 is 52.8 Å². The molecule has 19 heteroatoms. The number of alkyl carbamates (subject to hydrolysis) is 2. The molecule has 0 radical (unpaired) electrons. The fraction of sp³-hybridized carbons (Fsp3) is 0.441. The molecule has 3 amide bonds. The normalized spacial score (nSPS) is 16.9. The summed E-state index contributed by atoms with van der Waals surface area (Å²) >= 11 is 11.8. The van der Waals surface area contributed by atoms with Crippen molar-refractivity contribution in [1.82, 2.24) is 30.7 Å². The smallest absolute Gasteiger partial charge is 0.408 e. The molecule has 2 saturated heterocycles. The highest BCUT2D eigenvalue weighted by atomic mass is 35.5. The van der Waals surface area contributed by atoms with E-state index < -0.39 is 47.5 Å². The highest BCUT2D eigenvalue weighted by Crippen LogP contribution is 2.25. The molecule has 0 unspecified atom stereocenters. The number of hydrogen-bond donors (Lipinski definition) is 4. The molecule has 0 aromatic heterocycles. The second-order valence-electron chi connectivity index (χ2n) is 23.9. The average Bonchev–Trinajstić information content (AvgIpc) is 1.59. The first-order chi connectivity index (χ1) is 41.3. The molecule has 0 aliphatic carbocycles. The maximum absolute atomic E-state index is 14.0. The number of nitrogens with zero attached hydrogens (tertiary/aromatic N) is 3. The Bertz CT molecular complexity index is 3240. The lowest BCUT2D eigenvalue weighted by molar-refractivity contribution is -0.150. The molecule has 0 saturated carbocycles. The number of halogens is 2. The van der Waals surface area contributed by atoms with Gasteiger partial charge in [-0.3, -0.25) is 24.2 Å². The van der Waals surface area contributed by atoms with Crippen LogP contribution in [0.1, 0.15) is 90.5 Å². The van der Waals surface area contributed by atoms with Crippen LogP contribution in [-0.4, -0.2) is 157 Å². The molecule has 2 heterocycles. The minimum absolute atomic E-state index is 0.139. The molecule has 87 heavy (non-hydrogen) atoms. The monoisotopic (exact) mass is 1230 g/mol. The van der Waals surface area contributed by atoms with Crippen LogP contribution in [0.15, 0.2) is 133 Å². The van der Waals surface area contributed by atoms with Gasteiger partial charge >= 0.3 is 30.1 Å². The maximum Gasteiger partial charge on any atom is 0.408 e. The van der Waals surface area contributed by atoms with Crippen molar-refractivity contribution in [3.8, 4) is 0 Å². The largest absolute Gasteiger partial charge is 0.480 e. The lowest BCUT2D eigenvalue weighted by atomic mass is 9.98. The number of amides is 3. The number of esters is 2. The molecule has 6 aromatic carbocycles. The maximum atomic E-state index is 14.0. The number of nitrogens with one attached hydrogen (secondary N) is 3. The van der Waals surface area contributed by atoms with Crippen LogP contribution in [0.25, 0.3) is 21.5 Å². The fourth-order valence-corrected chi connectivity index (χ4v) is 10.8. The van der Waals surface area contributed by atoms with E-state index in [0.717, 1.165) is 53.5 Å². The molecule has 2 fully saturated rings. The Labute approximate surface area is 522 Å². The lowest BCUT2D eigenvalue weighted by Crippen LogP contribution is -2.62. The fourth-order valence-electron chi connectivity index (χ4n) is 10.6. The number of piperazine rings is 2. The van der Waals surface area contributed by atoms with Crippen LogP contribution in [-0.2, 0) is 63.8 Å². The molecule has 6 atom stereocenters. The topological polar surface area (TPSA) is 205 Å². The Balaban J connectivity index is 0.000000231. The quantitative estimate of drug-likeness (QED) is 0.0467. The first-order valence-corrected chi connectivity index (χ1v) is 30.4. The van der Waals surface area contributed by atoms with E-state index in [9.17, 15) is 28.8 Å². The summed E-state index contributed by atoms with van der Waals surface area (Å²) in [7, 11) is 2.89. The van der Waals surface area contributed by atoms with Crippen molar-refractivity contribution in [3.63, 3.8) is 0 Å². The molecular weight excluding hydrogens is 1150 g/mol. The number of fused-ring (bicyclic) bond motifs is 2. The van der Waals surface area contributed by atoms with Crippen molar-refractivity contribution >= 4 is 80.7 Å². The highest BCUT2D eigenvalue weighted by Gasteiger charge is 2.39. The number of carbonyl (C=O) groups is 6. The van der Waals surface area contributed by atoms with Crippen LogP contribution in [0.2, 0.25) is 10.0 Å². The number of carboxylic acid groups (broad SMARTS) is 1. The summed E-state index contributed by atoms with van der Waals surface area (Å²) in [5, 5.41) is 23.7. The Morgan fingerprint density at radius 3 is 1.40 bits per heavy atom. The third-order valence-corrected chi connectivity index (χ3v) is 15.6. The number of aliphatic carboxylic acids is 1. The van der Waals surface area contributed by atoms with Gasteiger partial charge < -0.3 is 44.9 Å². The van der Waals surface area contributed by atoms with Gasteiger partial charge in [0.25, 0.3) is 0 Å². The van der Waals surface area contributed by atoms with E-state index in [1.165, 1.54) is 30.6 Å². The van der Waals surface area contributed by atoms with Gasteiger partial charge in [-0.2, -0.15) is 0 Å². The average molecular weight is 1230 g/mol. The Morgan fingerprint density at radius 2 is 0.977 bits per heavy atom. The molecule has 6 aromatic rings. The molecular formula is C68H86Cl2N6O11. The number of hydrogen-bond acceptors (Lipinski definition) is 13. The number of rotatable bonds is 18. The van der Waals surface area contributed by atoms with Crippen LogP contribution in [0, 0.1) is 0 Å². The van der Waals surface area contributed by atoms with Crippen molar-refractivity contribution in [2.24, 2.45) is 0 Å². The van der Waals surface area contributed by atoms with Crippen molar-refractivity contribution in [3.05, 3.63) is 166 Å². The van der Waals surface area contributed by atoms with Crippen molar-refractivity contribution in [2.45, 2.75) is 141 Å². The number of carboxylic acids is 1. The summed E-state index contributed by atoms with van der Waals surface area (Å²) in [6.45, 7) is 18.8. The SMILES string of the molecule is CC(C)(C)OC(=O)N[C@H](Cc1ccc(Cl)cc1)C(=O)O.CC[C@H]1CN([C@@H](Cc2ccc3ccccc3c2)C(=O)OC)CCN1.CC[C@H]1CN([C@@H](Cc2ccc3ccccc3c2)C(=O)OC)CCN1C(=O)[C@@H](Cc1ccc(Cl)cc1)NC(=O)OC(C)(C)C. The van der Waals surface area contributed by atoms with E-state index in [2.05, 4.69) is 93.3 Å². The van der Waals surface area contributed by atoms with Gasteiger partial charge in [0.15, 0.2) is 0 Å². The Kier molecular flexibility index (Phi) is 25.8. The van der Waals surface area contributed by atoms with Crippen molar-refractivity contribution in [1.29, 1.82) is 0 Å². The first kappa shape index (κ1) is 68.8. The summed E-state index contributed by atoms with van der Waals surface area (Å²) in [4.78, 5) is 81.2. The number of ether oxygens (including phenoxy) is 4. The zero-order valence-corrected chi connectivity index (χ0v) is 53.3. The molecule has 4 N–H and O–H groups in total. The Morgan fingerprint density at radius 1 is 0.552 bits per heavy atom. The van der Waals surface area contributed by atoms with E-state index in [1.54, 1.807) is 77.9 Å². The standard InChI is InChI=1S/C34H42ClN3O5.C20H26N2O2.C14H18ClNO4/c1-6-28-22-37(30(32(40)42-5)21-24-11-14-25-9-7-8-10-26(25)19-24)17-18-38(28)31(39)29(36-33(41)43-34(2,3)4)20-23-12-15-27(35)16-13-23;1-3-18-14-22(11-10-21-18)19(20(23)24-2)13-15-8-9-16-6-4-5-7-17(16)12-15;1-14(2,3)20-13(19)16-11(12(17)18)8-9-4-6-10(15)7-5-9/h7-16,19,28-30H,6,17-18,20-22H2,1-5H3,(H,36,41);4-9,12,18-19,21H,3,10-11,13-14H2,1-2H3;4-7,11H,8H2,1-3H3,(H,16,19)(H,17,18)/t28-,29+,30-;18-,19-;11-/m001/s1. The van der Waals surface area contributed by atoms with Crippen LogP contribution >= 0.6 is 23.2 Å². The van der Waals surface area contributed by atoms with Crippen LogP contribution < -0.4 is 16.0 Å². The second kappa shape index (κ2) is 32.6. The van der Waals surface area contributed by atoms with Crippen LogP contribution in [0.3, 0.4) is 0 Å². The summed E-state index contributed by atoms with van der Waals surface area (Å²) in [6.07, 6.45) is 2.00. The summed E-state index contributed by atoms with van der Waals surface area (Å²) in [5.74, 6) is -1.74.